The summed E-state index contributed by atoms with van der Waals surface area (Å²) in [5, 5.41) is 3.46. The van der Waals surface area contributed by atoms with Crippen LogP contribution in [0.1, 0.15) is 44.1 Å². The summed E-state index contributed by atoms with van der Waals surface area (Å²) in [4.78, 5) is 14.8. The Kier molecular flexibility index (Phi) is 4.48. The van der Waals surface area contributed by atoms with Crippen LogP contribution < -0.4 is 10.1 Å². The van der Waals surface area contributed by atoms with Crippen LogP contribution in [0.25, 0.3) is 0 Å². The molecule has 136 valence electrons. The number of hydrogen-bond acceptors (Lipinski definition) is 3. The van der Waals surface area contributed by atoms with Crippen molar-refractivity contribution in [2.45, 2.75) is 50.6 Å². The van der Waals surface area contributed by atoms with Gasteiger partial charge in [-0.05, 0) is 81.0 Å². The predicted molar refractivity (Wildman–Crippen MR) is 98.4 cm³/mol. The Labute approximate surface area is 150 Å². The molecular formula is C21H30N2O2. The highest BCUT2D eigenvalue weighted by Gasteiger charge is 2.51. The molecule has 4 nitrogen and oxygen atoms in total. The molecule has 0 heterocycles. The number of carbonyl (C=O) groups excluding carboxylic acids is 1. The van der Waals surface area contributed by atoms with Crippen LogP contribution in [0.2, 0.25) is 0 Å². The van der Waals surface area contributed by atoms with E-state index in [4.69, 9.17) is 4.74 Å². The molecule has 0 radical (unpaired) electrons. The third-order valence-electron chi connectivity index (χ3n) is 6.44. The van der Waals surface area contributed by atoms with E-state index in [-0.39, 0.29) is 11.4 Å². The molecule has 4 aliphatic rings. The molecule has 0 unspecified atom stereocenters. The summed E-state index contributed by atoms with van der Waals surface area (Å²) in [5.74, 6) is 3.64. The van der Waals surface area contributed by atoms with Crippen LogP contribution in [0, 0.1) is 17.8 Å². The summed E-state index contributed by atoms with van der Waals surface area (Å²) in [6.07, 6.45) is 7.86. The van der Waals surface area contributed by atoms with Crippen molar-refractivity contribution in [2.75, 3.05) is 20.7 Å². The molecular weight excluding hydrogens is 312 g/mol. The molecule has 25 heavy (non-hydrogen) atoms. The lowest BCUT2D eigenvalue weighted by atomic mass is 9.53. The first-order valence-corrected chi connectivity index (χ1v) is 9.66. The number of hydrogen-bond donors (Lipinski definition) is 1. The van der Waals surface area contributed by atoms with Crippen LogP contribution in [0.4, 0.5) is 0 Å². The maximum atomic E-state index is 12.7. The second kappa shape index (κ2) is 6.64. The molecule has 1 aromatic rings. The highest BCUT2D eigenvalue weighted by Crippen LogP contribution is 2.55. The van der Waals surface area contributed by atoms with Gasteiger partial charge >= 0.3 is 0 Å². The molecule has 4 bridgehead atoms. The molecule has 1 aromatic carbocycles. The van der Waals surface area contributed by atoms with Gasteiger partial charge in [0.15, 0.2) is 0 Å². The van der Waals surface area contributed by atoms with E-state index in [1.165, 1.54) is 44.1 Å². The van der Waals surface area contributed by atoms with E-state index >= 15 is 0 Å². The van der Waals surface area contributed by atoms with Gasteiger partial charge in [0.1, 0.15) is 5.75 Å². The number of benzene rings is 1. The zero-order valence-corrected chi connectivity index (χ0v) is 15.5. The van der Waals surface area contributed by atoms with Gasteiger partial charge in [0.2, 0.25) is 5.91 Å². The van der Waals surface area contributed by atoms with Gasteiger partial charge in [-0.2, -0.15) is 0 Å². The molecule has 1 N–H and O–H groups in total. The second-order valence-corrected chi connectivity index (χ2v) is 8.77. The topological polar surface area (TPSA) is 41.6 Å². The number of amides is 1. The first-order valence-electron chi connectivity index (χ1n) is 9.66. The lowest BCUT2D eigenvalue weighted by Gasteiger charge is -2.57. The van der Waals surface area contributed by atoms with Crippen molar-refractivity contribution in [1.29, 1.82) is 0 Å². The molecule has 0 saturated heterocycles. The fraction of sp³-hybridized carbons (Fsp3) is 0.667. The summed E-state index contributed by atoms with van der Waals surface area (Å²) in [5.41, 5.74) is 1.28. The lowest BCUT2D eigenvalue weighted by molar-refractivity contribution is -0.127. The Morgan fingerprint density at radius 2 is 1.84 bits per heavy atom. The zero-order valence-electron chi connectivity index (χ0n) is 15.5. The number of nitrogens with one attached hydrogen (secondary N) is 1. The van der Waals surface area contributed by atoms with Gasteiger partial charge in [-0.1, -0.05) is 12.1 Å². The minimum Gasteiger partial charge on any atom is -0.497 e. The summed E-state index contributed by atoms with van der Waals surface area (Å²) in [7, 11) is 3.69. The first kappa shape index (κ1) is 16.9. The lowest BCUT2D eigenvalue weighted by Crippen LogP contribution is -2.60. The number of rotatable bonds is 6. The molecule has 4 fully saturated rings. The number of methoxy groups -OCH3 is 1. The van der Waals surface area contributed by atoms with Gasteiger partial charge in [0, 0.05) is 12.1 Å². The van der Waals surface area contributed by atoms with Gasteiger partial charge in [-0.3, -0.25) is 9.69 Å². The monoisotopic (exact) mass is 342 g/mol. The van der Waals surface area contributed by atoms with E-state index < -0.39 is 0 Å². The van der Waals surface area contributed by atoms with E-state index in [0.717, 1.165) is 30.0 Å². The number of ether oxygens (including phenoxy) is 1. The van der Waals surface area contributed by atoms with E-state index in [2.05, 4.69) is 16.3 Å². The fourth-order valence-corrected chi connectivity index (χ4v) is 5.98. The Morgan fingerprint density at radius 1 is 1.20 bits per heavy atom. The minimum absolute atomic E-state index is 0.114. The van der Waals surface area contributed by atoms with Gasteiger partial charge in [0.05, 0.1) is 13.7 Å². The average molecular weight is 342 g/mol. The molecule has 0 aliphatic heterocycles. The van der Waals surface area contributed by atoms with Crippen molar-refractivity contribution in [3.8, 4) is 5.75 Å². The molecule has 4 saturated carbocycles. The van der Waals surface area contributed by atoms with Gasteiger partial charge in [0.25, 0.3) is 0 Å². The van der Waals surface area contributed by atoms with Gasteiger partial charge in [-0.25, -0.2) is 0 Å². The Balaban J connectivity index is 1.32. The minimum atomic E-state index is 0.114. The Hall–Kier alpha value is -1.55. The fourth-order valence-electron chi connectivity index (χ4n) is 5.98. The van der Waals surface area contributed by atoms with Crippen molar-refractivity contribution in [2.24, 2.45) is 17.8 Å². The van der Waals surface area contributed by atoms with Crippen molar-refractivity contribution < 1.29 is 9.53 Å². The summed E-state index contributed by atoms with van der Waals surface area (Å²) < 4.78 is 5.28. The largest absolute Gasteiger partial charge is 0.497 e. The van der Waals surface area contributed by atoms with E-state index in [9.17, 15) is 4.79 Å². The zero-order chi connectivity index (χ0) is 17.4. The number of carbonyl (C=O) groups is 1. The van der Waals surface area contributed by atoms with E-state index in [1.807, 2.05) is 25.2 Å². The molecule has 4 heteroatoms. The highest BCUT2D eigenvalue weighted by molar-refractivity contribution is 5.79. The van der Waals surface area contributed by atoms with Crippen LogP contribution in [-0.2, 0) is 11.3 Å². The van der Waals surface area contributed by atoms with Crippen LogP contribution >= 0.6 is 0 Å². The van der Waals surface area contributed by atoms with Crippen molar-refractivity contribution in [3.05, 3.63) is 29.8 Å². The number of nitrogens with zero attached hydrogens (tertiary/aromatic N) is 1. The van der Waals surface area contributed by atoms with Crippen LogP contribution in [0.5, 0.6) is 5.75 Å². The van der Waals surface area contributed by atoms with Crippen LogP contribution in [-0.4, -0.2) is 37.0 Å². The normalized spacial score (nSPS) is 32.8. The van der Waals surface area contributed by atoms with Crippen molar-refractivity contribution in [1.82, 2.24) is 10.2 Å². The molecule has 0 aromatic heterocycles. The smallest absolute Gasteiger partial charge is 0.234 e. The van der Waals surface area contributed by atoms with Crippen molar-refractivity contribution >= 4 is 5.91 Å². The SMILES string of the molecule is COc1cccc(CN(C)CC(=O)NC23CC4CC(CC(C4)C2)C3)c1. The van der Waals surface area contributed by atoms with E-state index in [0.29, 0.717) is 6.54 Å². The van der Waals surface area contributed by atoms with Crippen LogP contribution in [0.3, 0.4) is 0 Å². The number of likely N-dealkylation sites (N-methyl/N-ethyl adjacent to an activating group) is 1. The molecule has 4 aliphatic carbocycles. The second-order valence-electron chi connectivity index (χ2n) is 8.77. The van der Waals surface area contributed by atoms with Crippen molar-refractivity contribution in [3.63, 3.8) is 0 Å². The Bertz CT molecular complexity index is 607. The maximum Gasteiger partial charge on any atom is 0.234 e. The summed E-state index contributed by atoms with van der Waals surface area (Å²) >= 11 is 0. The van der Waals surface area contributed by atoms with Gasteiger partial charge < -0.3 is 10.1 Å². The standard InChI is InChI=1S/C21H30N2O2/c1-23(13-15-4-3-5-19(9-15)25-2)14-20(24)22-21-10-16-6-17(11-21)8-18(7-16)12-21/h3-5,9,16-18H,6-8,10-14H2,1-2H3,(H,22,24). The quantitative estimate of drug-likeness (QED) is 0.863. The molecule has 1 amide bonds. The van der Waals surface area contributed by atoms with Crippen LogP contribution in [0.15, 0.2) is 24.3 Å². The third kappa shape index (κ3) is 3.69. The summed E-state index contributed by atoms with van der Waals surface area (Å²) in [6.45, 7) is 1.21. The highest BCUT2D eigenvalue weighted by atomic mass is 16.5. The first-order chi connectivity index (χ1) is 12.0. The summed E-state index contributed by atoms with van der Waals surface area (Å²) in [6, 6.07) is 8.06. The van der Waals surface area contributed by atoms with Gasteiger partial charge in [-0.15, -0.1) is 0 Å². The Morgan fingerprint density at radius 3 is 2.44 bits per heavy atom. The maximum absolute atomic E-state index is 12.7. The third-order valence-corrected chi connectivity index (χ3v) is 6.44. The van der Waals surface area contributed by atoms with E-state index in [1.54, 1.807) is 7.11 Å². The molecule has 0 atom stereocenters. The molecule has 5 rings (SSSR count). The average Bonchev–Trinajstić information content (AvgIpc) is 2.52. The predicted octanol–water partition coefficient (Wildman–Crippen LogP) is 3.21. The molecule has 0 spiro atoms.